The summed E-state index contributed by atoms with van der Waals surface area (Å²) in [5.41, 5.74) is 6.85. The minimum atomic E-state index is -0.0692. The minimum absolute atomic E-state index is 0.0692. The van der Waals surface area contributed by atoms with Crippen molar-refractivity contribution < 1.29 is 10.2 Å². The number of phenols is 2. The van der Waals surface area contributed by atoms with Crippen LogP contribution in [0.4, 0.5) is 0 Å². The Labute approximate surface area is 196 Å². The average molecular weight is 437 g/mol. The van der Waals surface area contributed by atoms with Crippen LogP contribution >= 0.6 is 0 Å². The summed E-state index contributed by atoms with van der Waals surface area (Å²) in [6, 6.07) is 9.14. The zero-order valence-corrected chi connectivity index (χ0v) is 21.5. The first kappa shape index (κ1) is 24.7. The van der Waals surface area contributed by atoms with E-state index >= 15 is 0 Å². The number of rotatable bonds is 6. The van der Waals surface area contributed by atoms with Gasteiger partial charge in [-0.25, -0.2) is 0 Å². The van der Waals surface area contributed by atoms with Gasteiger partial charge in [0.2, 0.25) is 0 Å². The largest absolute Gasteiger partial charge is 0.507 e. The summed E-state index contributed by atoms with van der Waals surface area (Å²) in [6.45, 7) is 17.4. The smallest absolute Gasteiger partial charge is 0.122 e. The molecule has 0 aliphatic heterocycles. The zero-order chi connectivity index (χ0) is 23.8. The van der Waals surface area contributed by atoms with Gasteiger partial charge in [0.15, 0.2) is 0 Å². The maximum atomic E-state index is 11.0. The van der Waals surface area contributed by atoms with Gasteiger partial charge in [0, 0.05) is 5.41 Å². The van der Waals surface area contributed by atoms with Crippen molar-refractivity contribution in [3.8, 4) is 11.5 Å². The summed E-state index contributed by atoms with van der Waals surface area (Å²) in [5, 5.41) is 22.1. The summed E-state index contributed by atoms with van der Waals surface area (Å²) < 4.78 is 0. The summed E-state index contributed by atoms with van der Waals surface area (Å²) >= 11 is 0. The van der Waals surface area contributed by atoms with E-state index in [2.05, 4.69) is 79.7 Å². The molecule has 32 heavy (non-hydrogen) atoms. The third kappa shape index (κ3) is 4.43. The minimum Gasteiger partial charge on any atom is -0.507 e. The van der Waals surface area contributed by atoms with Crippen molar-refractivity contribution in [3.05, 3.63) is 57.6 Å². The predicted octanol–water partition coefficient (Wildman–Crippen LogP) is 8.84. The summed E-state index contributed by atoms with van der Waals surface area (Å²) in [7, 11) is 0. The van der Waals surface area contributed by atoms with Gasteiger partial charge in [-0.1, -0.05) is 98.9 Å². The molecule has 2 heteroatoms. The van der Waals surface area contributed by atoms with Crippen molar-refractivity contribution >= 4 is 0 Å². The molecule has 0 radical (unpaired) electrons. The van der Waals surface area contributed by atoms with Crippen LogP contribution in [0.5, 0.6) is 11.5 Å². The standard InChI is InChI=1S/C30H44O2/c1-18(2)24-14-22(15-25(19(3)4)28(24)31)30(12-10-9-11-13-30)23-16-26(20(5)6)29(32)27(17-23)21(7)8/h14-21,31-32H,9-13H2,1-8H3. The lowest BCUT2D eigenvalue weighted by molar-refractivity contribution is 0.343. The number of aromatic hydroxyl groups is 2. The summed E-state index contributed by atoms with van der Waals surface area (Å²) in [5.74, 6) is 2.02. The maximum Gasteiger partial charge on any atom is 0.122 e. The van der Waals surface area contributed by atoms with E-state index in [0.717, 1.165) is 35.1 Å². The lowest BCUT2D eigenvalue weighted by Gasteiger charge is -2.40. The van der Waals surface area contributed by atoms with E-state index in [4.69, 9.17) is 0 Å². The molecule has 1 fully saturated rings. The molecule has 176 valence electrons. The van der Waals surface area contributed by atoms with Crippen LogP contribution in [0, 0.1) is 0 Å². The normalized spacial score (nSPS) is 16.5. The van der Waals surface area contributed by atoms with Crippen LogP contribution in [0.25, 0.3) is 0 Å². The number of hydrogen-bond acceptors (Lipinski definition) is 2. The Morgan fingerprint density at radius 2 is 0.812 bits per heavy atom. The van der Waals surface area contributed by atoms with Crippen LogP contribution < -0.4 is 0 Å². The first-order valence-electron chi connectivity index (χ1n) is 12.7. The van der Waals surface area contributed by atoms with Crippen LogP contribution in [0.15, 0.2) is 24.3 Å². The third-order valence-corrected chi connectivity index (χ3v) is 7.64. The fraction of sp³-hybridized carbons (Fsp3) is 0.600. The van der Waals surface area contributed by atoms with Crippen LogP contribution in [-0.4, -0.2) is 10.2 Å². The van der Waals surface area contributed by atoms with Gasteiger partial charge >= 0.3 is 0 Å². The van der Waals surface area contributed by atoms with E-state index < -0.39 is 0 Å². The lowest BCUT2D eigenvalue weighted by atomic mass is 9.63. The topological polar surface area (TPSA) is 40.5 Å². The molecule has 0 bridgehead atoms. The van der Waals surface area contributed by atoms with Gasteiger partial charge in [-0.2, -0.15) is 0 Å². The second kappa shape index (κ2) is 9.49. The SMILES string of the molecule is CC(C)c1cc(C2(c3cc(C(C)C)c(O)c(C(C)C)c3)CCCCC2)cc(C(C)C)c1O. The maximum absolute atomic E-state index is 11.0. The Kier molecular flexibility index (Phi) is 7.32. The van der Waals surface area contributed by atoms with Crippen molar-refractivity contribution in [1.29, 1.82) is 0 Å². The first-order valence-corrected chi connectivity index (χ1v) is 12.7. The van der Waals surface area contributed by atoms with E-state index in [-0.39, 0.29) is 29.1 Å². The van der Waals surface area contributed by atoms with Crippen LogP contribution in [0.2, 0.25) is 0 Å². The molecule has 0 saturated heterocycles. The molecule has 1 aliphatic rings. The molecule has 0 atom stereocenters. The molecule has 0 spiro atoms. The molecule has 1 aliphatic carbocycles. The van der Waals surface area contributed by atoms with Crippen LogP contribution in [-0.2, 0) is 5.41 Å². The zero-order valence-electron chi connectivity index (χ0n) is 21.5. The van der Waals surface area contributed by atoms with Gasteiger partial charge in [0.05, 0.1) is 0 Å². The van der Waals surface area contributed by atoms with Crippen molar-refractivity contribution in [1.82, 2.24) is 0 Å². The monoisotopic (exact) mass is 436 g/mol. The molecule has 0 aromatic heterocycles. The quantitative estimate of drug-likeness (QED) is 0.475. The molecule has 2 nitrogen and oxygen atoms in total. The molecular formula is C30H44O2. The highest BCUT2D eigenvalue weighted by molar-refractivity contribution is 5.55. The van der Waals surface area contributed by atoms with Crippen LogP contribution in [0.3, 0.4) is 0 Å². The highest BCUT2D eigenvalue weighted by Gasteiger charge is 2.38. The second-order valence-electron chi connectivity index (χ2n) is 11.3. The first-order chi connectivity index (χ1) is 15.0. The van der Waals surface area contributed by atoms with E-state index in [9.17, 15) is 10.2 Å². The van der Waals surface area contributed by atoms with Gasteiger partial charge in [-0.3, -0.25) is 0 Å². The van der Waals surface area contributed by atoms with Crippen molar-refractivity contribution in [2.45, 2.75) is 117 Å². The van der Waals surface area contributed by atoms with Gasteiger partial charge < -0.3 is 10.2 Å². The Balaban J connectivity index is 2.35. The Hall–Kier alpha value is -1.96. The molecule has 3 rings (SSSR count). The number of benzene rings is 2. The van der Waals surface area contributed by atoms with E-state index in [0.29, 0.717) is 11.5 Å². The molecule has 0 heterocycles. The van der Waals surface area contributed by atoms with Crippen molar-refractivity contribution in [2.24, 2.45) is 0 Å². The van der Waals surface area contributed by atoms with Crippen molar-refractivity contribution in [2.75, 3.05) is 0 Å². The fourth-order valence-corrected chi connectivity index (χ4v) is 5.57. The van der Waals surface area contributed by atoms with Crippen LogP contribution in [0.1, 0.15) is 145 Å². The Bertz CT molecular complexity index is 814. The highest BCUT2D eigenvalue weighted by Crippen LogP contribution is 2.50. The molecule has 2 aromatic rings. The molecule has 0 amide bonds. The molecule has 0 unspecified atom stereocenters. The van der Waals surface area contributed by atoms with E-state index in [1.165, 1.54) is 30.4 Å². The van der Waals surface area contributed by atoms with Gasteiger partial charge in [0.1, 0.15) is 11.5 Å². The van der Waals surface area contributed by atoms with Gasteiger partial charge in [-0.15, -0.1) is 0 Å². The molecule has 1 saturated carbocycles. The highest BCUT2D eigenvalue weighted by atomic mass is 16.3. The predicted molar refractivity (Wildman–Crippen MR) is 136 cm³/mol. The fourth-order valence-electron chi connectivity index (χ4n) is 5.57. The van der Waals surface area contributed by atoms with Gasteiger partial charge in [-0.05, 0) is 69.9 Å². The molecule has 2 N–H and O–H groups in total. The Morgan fingerprint density at radius 3 is 1.06 bits per heavy atom. The van der Waals surface area contributed by atoms with E-state index in [1.54, 1.807) is 0 Å². The number of phenolic OH excluding ortho intramolecular Hbond substituents is 2. The molecule has 2 aromatic carbocycles. The van der Waals surface area contributed by atoms with E-state index in [1.807, 2.05) is 0 Å². The molecular weight excluding hydrogens is 392 g/mol. The second-order valence-corrected chi connectivity index (χ2v) is 11.3. The van der Waals surface area contributed by atoms with Crippen molar-refractivity contribution in [3.63, 3.8) is 0 Å². The average Bonchev–Trinajstić information content (AvgIpc) is 2.73. The summed E-state index contributed by atoms with van der Waals surface area (Å²) in [4.78, 5) is 0. The van der Waals surface area contributed by atoms with Gasteiger partial charge in [0.25, 0.3) is 0 Å². The lowest BCUT2D eigenvalue weighted by Crippen LogP contribution is -2.31. The Morgan fingerprint density at radius 1 is 0.531 bits per heavy atom. The number of hydrogen-bond donors (Lipinski definition) is 2. The third-order valence-electron chi connectivity index (χ3n) is 7.64. The summed E-state index contributed by atoms with van der Waals surface area (Å²) in [6.07, 6.45) is 5.94.